The Morgan fingerprint density at radius 3 is 2.42 bits per heavy atom. The van der Waals surface area contributed by atoms with Gasteiger partial charge in [-0.25, -0.2) is 13.1 Å². The molecule has 0 amide bonds. The zero-order chi connectivity index (χ0) is 14.3. The molecule has 4 nitrogen and oxygen atoms in total. The molecule has 1 aromatic rings. The number of halogens is 1. The second-order valence-corrected chi connectivity index (χ2v) is 6.77. The van der Waals surface area contributed by atoms with Gasteiger partial charge in [-0.3, -0.25) is 0 Å². The fraction of sp³-hybridized carbons (Fsp3) is 0.538. The molecule has 0 aromatic heterocycles. The summed E-state index contributed by atoms with van der Waals surface area (Å²) in [6, 6.07) is 6.90. The van der Waals surface area contributed by atoms with E-state index in [1.807, 2.05) is 26.0 Å². The van der Waals surface area contributed by atoms with Gasteiger partial charge in [0.05, 0.1) is 5.75 Å². The summed E-state index contributed by atoms with van der Waals surface area (Å²) in [5.41, 5.74) is 0.898. The van der Waals surface area contributed by atoms with E-state index in [0.29, 0.717) is 11.6 Å². The van der Waals surface area contributed by atoms with Crippen molar-refractivity contribution in [3.05, 3.63) is 34.9 Å². The number of nitrogens with one attached hydrogen (secondary N) is 2. The maximum absolute atomic E-state index is 11.9. The van der Waals surface area contributed by atoms with Crippen LogP contribution in [0.15, 0.2) is 24.3 Å². The zero-order valence-electron chi connectivity index (χ0n) is 11.3. The fourth-order valence-electron chi connectivity index (χ4n) is 1.66. The molecule has 0 radical (unpaired) electrons. The summed E-state index contributed by atoms with van der Waals surface area (Å²) in [4.78, 5) is 0. The Morgan fingerprint density at radius 1 is 1.21 bits per heavy atom. The quantitative estimate of drug-likeness (QED) is 0.725. The normalized spacial score (nSPS) is 13.4. The van der Waals surface area contributed by atoms with E-state index in [1.165, 1.54) is 0 Å². The van der Waals surface area contributed by atoms with E-state index in [4.69, 9.17) is 11.6 Å². The van der Waals surface area contributed by atoms with E-state index < -0.39 is 10.0 Å². The third-order valence-electron chi connectivity index (χ3n) is 2.70. The molecule has 0 saturated heterocycles. The lowest BCUT2D eigenvalue weighted by Crippen LogP contribution is -2.33. The monoisotopic (exact) mass is 304 g/mol. The summed E-state index contributed by atoms with van der Waals surface area (Å²) in [5, 5.41) is 3.72. The van der Waals surface area contributed by atoms with Crippen molar-refractivity contribution in [2.75, 3.05) is 18.8 Å². The van der Waals surface area contributed by atoms with Crippen LogP contribution in [-0.4, -0.2) is 27.3 Å². The second kappa shape index (κ2) is 7.85. The lowest BCUT2D eigenvalue weighted by Gasteiger charge is -2.15. The van der Waals surface area contributed by atoms with Crippen LogP contribution in [0.3, 0.4) is 0 Å². The SMILES string of the molecule is CCCNCCS(=O)(=O)NC(C)c1ccc(Cl)cc1. The number of benzene rings is 1. The third-order valence-corrected chi connectivity index (χ3v) is 4.41. The molecule has 6 heteroatoms. The van der Waals surface area contributed by atoms with Crippen LogP contribution in [0.25, 0.3) is 0 Å². The van der Waals surface area contributed by atoms with E-state index >= 15 is 0 Å². The predicted molar refractivity (Wildman–Crippen MR) is 80.0 cm³/mol. The molecule has 1 rings (SSSR count). The Morgan fingerprint density at radius 2 is 1.84 bits per heavy atom. The molecule has 1 unspecified atom stereocenters. The molecule has 0 saturated carbocycles. The van der Waals surface area contributed by atoms with E-state index in [2.05, 4.69) is 10.0 Å². The third kappa shape index (κ3) is 6.38. The Labute approximate surface area is 120 Å². The van der Waals surface area contributed by atoms with Crippen molar-refractivity contribution in [1.82, 2.24) is 10.0 Å². The molecule has 0 aliphatic carbocycles. The predicted octanol–water partition coefficient (Wildman–Crippen LogP) is 2.32. The summed E-state index contributed by atoms with van der Waals surface area (Å²) in [6.07, 6.45) is 0.995. The van der Waals surface area contributed by atoms with Gasteiger partial charge < -0.3 is 5.32 Å². The smallest absolute Gasteiger partial charge is 0.213 e. The molecule has 0 fully saturated rings. The highest BCUT2D eigenvalue weighted by Crippen LogP contribution is 2.16. The van der Waals surface area contributed by atoms with Gasteiger partial charge in [0.25, 0.3) is 0 Å². The first-order chi connectivity index (χ1) is 8.94. The van der Waals surface area contributed by atoms with Crippen molar-refractivity contribution in [3.63, 3.8) is 0 Å². The van der Waals surface area contributed by atoms with Crippen LogP contribution in [0.2, 0.25) is 5.02 Å². The Hall–Kier alpha value is -0.620. The Bertz CT molecular complexity index is 474. The van der Waals surface area contributed by atoms with Crippen molar-refractivity contribution >= 4 is 21.6 Å². The average molecular weight is 305 g/mol. The number of hydrogen-bond donors (Lipinski definition) is 2. The molecule has 0 aliphatic rings. The van der Waals surface area contributed by atoms with E-state index in [1.54, 1.807) is 12.1 Å². The van der Waals surface area contributed by atoms with Gasteiger partial charge in [-0.1, -0.05) is 30.7 Å². The van der Waals surface area contributed by atoms with Crippen LogP contribution in [0, 0.1) is 0 Å². The Kier molecular flexibility index (Phi) is 6.79. The van der Waals surface area contributed by atoms with Gasteiger partial charge in [0, 0.05) is 17.6 Å². The molecule has 0 aliphatic heterocycles. The standard InChI is InChI=1S/C13H21ClN2O2S/c1-3-8-15-9-10-19(17,18)16-11(2)12-4-6-13(14)7-5-12/h4-7,11,15-16H,3,8-10H2,1-2H3. The largest absolute Gasteiger partial charge is 0.316 e. The van der Waals surface area contributed by atoms with Crippen LogP contribution in [0.4, 0.5) is 0 Å². The minimum Gasteiger partial charge on any atom is -0.316 e. The van der Waals surface area contributed by atoms with Gasteiger partial charge in [0.1, 0.15) is 0 Å². The molecular weight excluding hydrogens is 284 g/mol. The molecule has 0 spiro atoms. The molecule has 19 heavy (non-hydrogen) atoms. The van der Waals surface area contributed by atoms with Crippen molar-refractivity contribution in [2.45, 2.75) is 26.3 Å². The van der Waals surface area contributed by atoms with Crippen LogP contribution in [0.5, 0.6) is 0 Å². The van der Waals surface area contributed by atoms with Crippen LogP contribution < -0.4 is 10.0 Å². The van der Waals surface area contributed by atoms with Crippen molar-refractivity contribution in [2.24, 2.45) is 0 Å². The Balaban J connectivity index is 2.50. The first-order valence-corrected chi connectivity index (χ1v) is 8.44. The lowest BCUT2D eigenvalue weighted by molar-refractivity contribution is 0.562. The van der Waals surface area contributed by atoms with Crippen molar-refractivity contribution < 1.29 is 8.42 Å². The summed E-state index contributed by atoms with van der Waals surface area (Å²) < 4.78 is 26.4. The molecule has 2 N–H and O–H groups in total. The lowest BCUT2D eigenvalue weighted by atomic mass is 10.1. The number of hydrogen-bond acceptors (Lipinski definition) is 3. The van der Waals surface area contributed by atoms with E-state index in [-0.39, 0.29) is 11.8 Å². The average Bonchev–Trinajstić information content (AvgIpc) is 2.35. The fourth-order valence-corrected chi connectivity index (χ4v) is 2.99. The number of rotatable bonds is 8. The minimum absolute atomic E-state index is 0.0882. The number of sulfonamides is 1. The van der Waals surface area contributed by atoms with Gasteiger partial charge in [-0.2, -0.15) is 0 Å². The highest BCUT2D eigenvalue weighted by atomic mass is 35.5. The van der Waals surface area contributed by atoms with Gasteiger partial charge in [0.2, 0.25) is 10.0 Å². The van der Waals surface area contributed by atoms with Gasteiger partial charge in [-0.15, -0.1) is 0 Å². The molecular formula is C13H21ClN2O2S. The van der Waals surface area contributed by atoms with Gasteiger partial charge in [0.15, 0.2) is 0 Å². The van der Waals surface area contributed by atoms with Crippen LogP contribution >= 0.6 is 11.6 Å². The maximum atomic E-state index is 11.9. The topological polar surface area (TPSA) is 58.2 Å². The van der Waals surface area contributed by atoms with Gasteiger partial charge in [-0.05, 0) is 37.6 Å². The summed E-state index contributed by atoms with van der Waals surface area (Å²) in [6.45, 7) is 5.17. The van der Waals surface area contributed by atoms with Crippen molar-refractivity contribution in [1.29, 1.82) is 0 Å². The van der Waals surface area contributed by atoms with E-state index in [9.17, 15) is 8.42 Å². The molecule has 1 aromatic carbocycles. The van der Waals surface area contributed by atoms with Gasteiger partial charge >= 0.3 is 0 Å². The van der Waals surface area contributed by atoms with E-state index in [0.717, 1.165) is 18.5 Å². The first-order valence-electron chi connectivity index (χ1n) is 6.41. The highest BCUT2D eigenvalue weighted by molar-refractivity contribution is 7.89. The van der Waals surface area contributed by atoms with Crippen LogP contribution in [0.1, 0.15) is 31.9 Å². The van der Waals surface area contributed by atoms with Crippen LogP contribution in [-0.2, 0) is 10.0 Å². The highest BCUT2D eigenvalue weighted by Gasteiger charge is 2.15. The minimum atomic E-state index is -3.27. The molecule has 1 atom stereocenters. The summed E-state index contributed by atoms with van der Waals surface area (Å²) in [5.74, 6) is 0.0882. The summed E-state index contributed by atoms with van der Waals surface area (Å²) >= 11 is 5.80. The molecule has 108 valence electrons. The van der Waals surface area contributed by atoms with Crippen molar-refractivity contribution in [3.8, 4) is 0 Å². The second-order valence-electron chi connectivity index (χ2n) is 4.46. The molecule has 0 bridgehead atoms. The zero-order valence-corrected chi connectivity index (χ0v) is 12.9. The first kappa shape index (κ1) is 16.4. The maximum Gasteiger partial charge on any atom is 0.213 e. The molecule has 0 heterocycles. The summed E-state index contributed by atoms with van der Waals surface area (Å²) in [7, 11) is -3.27.